The third-order valence-corrected chi connectivity index (χ3v) is 4.68. The van der Waals surface area contributed by atoms with Gasteiger partial charge in [-0.3, -0.25) is 0 Å². The van der Waals surface area contributed by atoms with E-state index in [4.69, 9.17) is 0 Å². The lowest BCUT2D eigenvalue weighted by molar-refractivity contribution is -0.139. The number of alkyl halides is 3. The van der Waals surface area contributed by atoms with E-state index in [1.807, 2.05) is 0 Å². The molecule has 1 aliphatic rings. The van der Waals surface area contributed by atoms with Crippen LogP contribution in [0, 0.1) is 23.3 Å². The molecular formula is C23H14F7NO5. The van der Waals surface area contributed by atoms with Crippen LogP contribution in [-0.4, -0.2) is 26.2 Å². The molecule has 1 heterocycles. The Bertz CT molecular complexity index is 1270. The Hall–Kier alpha value is -4.29. The summed E-state index contributed by atoms with van der Waals surface area (Å²) >= 11 is 0. The number of benzene rings is 2. The van der Waals surface area contributed by atoms with Gasteiger partial charge in [-0.1, -0.05) is 6.08 Å². The molecule has 2 aromatic carbocycles. The third kappa shape index (κ3) is 5.19. The van der Waals surface area contributed by atoms with E-state index < -0.39 is 69.8 Å². The Labute approximate surface area is 198 Å². The van der Waals surface area contributed by atoms with Gasteiger partial charge in [0.25, 0.3) is 0 Å². The minimum Gasteiger partial charge on any atom is -0.465 e. The van der Waals surface area contributed by atoms with Crippen molar-refractivity contribution in [1.82, 2.24) is 0 Å². The summed E-state index contributed by atoms with van der Waals surface area (Å²) in [6.07, 6.45) is -0.0962. The molecule has 0 bridgehead atoms. The molecule has 0 radical (unpaired) electrons. The van der Waals surface area contributed by atoms with Gasteiger partial charge in [0, 0.05) is 18.3 Å². The van der Waals surface area contributed by atoms with Gasteiger partial charge in [-0.2, -0.15) is 13.2 Å². The Morgan fingerprint density at radius 2 is 1.28 bits per heavy atom. The monoisotopic (exact) mass is 517 g/mol. The van der Waals surface area contributed by atoms with Crippen molar-refractivity contribution < 1.29 is 54.5 Å². The minimum atomic E-state index is -5.08. The molecule has 36 heavy (non-hydrogen) atoms. The van der Waals surface area contributed by atoms with Gasteiger partial charge in [0.15, 0.2) is 34.8 Å². The van der Waals surface area contributed by atoms with Crippen molar-refractivity contribution in [2.24, 2.45) is 0 Å². The molecule has 0 saturated carbocycles. The van der Waals surface area contributed by atoms with Crippen LogP contribution in [0.1, 0.15) is 5.56 Å². The van der Waals surface area contributed by atoms with E-state index in [0.29, 0.717) is 12.1 Å². The summed E-state index contributed by atoms with van der Waals surface area (Å²) in [5, 5.41) is 0. The number of halogens is 7. The van der Waals surface area contributed by atoms with Gasteiger partial charge in [0.1, 0.15) is 5.70 Å². The van der Waals surface area contributed by atoms with Crippen LogP contribution in [0.2, 0.25) is 0 Å². The van der Waals surface area contributed by atoms with E-state index in [-0.39, 0.29) is 17.7 Å². The van der Waals surface area contributed by atoms with Crippen LogP contribution in [0.5, 0.6) is 11.5 Å². The van der Waals surface area contributed by atoms with E-state index in [1.165, 1.54) is 18.2 Å². The average molecular weight is 517 g/mol. The van der Waals surface area contributed by atoms with Crippen LogP contribution in [0.25, 0.3) is 0 Å². The average Bonchev–Trinajstić information content (AvgIpc) is 3.04. The second-order valence-corrected chi connectivity index (χ2v) is 6.92. The van der Waals surface area contributed by atoms with Gasteiger partial charge in [-0.05, 0) is 24.3 Å². The van der Waals surface area contributed by atoms with E-state index >= 15 is 0 Å². The molecule has 1 aliphatic heterocycles. The number of ether oxygens (including phenoxy) is 3. The molecular weight excluding hydrogens is 503 g/mol. The van der Waals surface area contributed by atoms with Crippen molar-refractivity contribution in [2.45, 2.75) is 6.18 Å². The Morgan fingerprint density at radius 1 is 0.778 bits per heavy atom. The number of nitrogens with zero attached hydrogens (tertiary/aromatic N) is 1. The molecule has 3 rings (SSSR count). The van der Waals surface area contributed by atoms with Crippen LogP contribution in [0.4, 0.5) is 36.4 Å². The van der Waals surface area contributed by atoms with Crippen molar-refractivity contribution in [1.29, 1.82) is 0 Å². The fraction of sp³-hybridized carbons (Fsp3) is 0.130. The van der Waals surface area contributed by atoms with Gasteiger partial charge in [0.05, 0.1) is 31.0 Å². The Balaban J connectivity index is 2.08. The Kier molecular flexibility index (Phi) is 7.41. The molecule has 0 atom stereocenters. The number of allylic oxidation sites excluding steroid dienone is 2. The summed E-state index contributed by atoms with van der Waals surface area (Å²) in [6, 6.07) is 0.983. The van der Waals surface area contributed by atoms with E-state index in [9.17, 15) is 40.3 Å². The van der Waals surface area contributed by atoms with Gasteiger partial charge < -0.3 is 19.1 Å². The Morgan fingerprint density at radius 3 is 1.75 bits per heavy atom. The van der Waals surface area contributed by atoms with Gasteiger partial charge in [-0.15, -0.1) is 0 Å². The summed E-state index contributed by atoms with van der Waals surface area (Å²) in [4.78, 5) is 25.5. The maximum Gasteiger partial charge on any atom is 0.416 e. The fourth-order valence-electron chi connectivity index (χ4n) is 3.07. The normalized spacial score (nSPS) is 13.5. The van der Waals surface area contributed by atoms with Gasteiger partial charge in [0.2, 0.25) is 0 Å². The number of anilines is 1. The molecule has 0 aromatic heterocycles. The number of carbonyl (C=O) groups excluding carboxylic acids is 2. The van der Waals surface area contributed by atoms with Crippen LogP contribution in [-0.2, 0) is 25.2 Å². The molecule has 0 aliphatic carbocycles. The van der Waals surface area contributed by atoms with Crippen LogP contribution < -0.4 is 9.64 Å². The number of esters is 2. The highest BCUT2D eigenvalue weighted by Gasteiger charge is 2.34. The van der Waals surface area contributed by atoms with Crippen molar-refractivity contribution >= 4 is 17.6 Å². The largest absolute Gasteiger partial charge is 0.465 e. The molecule has 2 aromatic rings. The smallest absolute Gasteiger partial charge is 0.416 e. The van der Waals surface area contributed by atoms with E-state index in [2.05, 4.69) is 14.2 Å². The lowest BCUT2D eigenvalue weighted by Gasteiger charge is -2.23. The fourth-order valence-corrected chi connectivity index (χ4v) is 3.07. The van der Waals surface area contributed by atoms with Crippen molar-refractivity contribution in [2.75, 3.05) is 19.1 Å². The molecule has 13 heteroatoms. The number of methoxy groups -OCH3 is 2. The zero-order chi connectivity index (χ0) is 26.8. The summed E-state index contributed by atoms with van der Waals surface area (Å²) < 4.78 is 110. The zero-order valence-electron chi connectivity index (χ0n) is 18.3. The first-order chi connectivity index (χ1) is 16.9. The minimum absolute atomic E-state index is 0.0978. The first kappa shape index (κ1) is 26.3. The molecule has 0 unspecified atom stereocenters. The second kappa shape index (κ2) is 10.1. The van der Waals surface area contributed by atoms with Crippen LogP contribution >= 0.6 is 0 Å². The highest BCUT2D eigenvalue weighted by molar-refractivity contribution is 6.05. The maximum absolute atomic E-state index is 14.8. The predicted molar refractivity (Wildman–Crippen MR) is 110 cm³/mol. The molecule has 0 N–H and O–H groups in total. The van der Waals surface area contributed by atoms with Gasteiger partial charge >= 0.3 is 18.1 Å². The van der Waals surface area contributed by atoms with Crippen LogP contribution in [0.3, 0.4) is 0 Å². The molecule has 0 fully saturated rings. The van der Waals surface area contributed by atoms with Gasteiger partial charge in [-0.25, -0.2) is 27.2 Å². The van der Waals surface area contributed by atoms with Crippen molar-refractivity contribution in [3.8, 4) is 11.5 Å². The highest BCUT2D eigenvalue weighted by atomic mass is 19.4. The molecule has 0 saturated heterocycles. The highest BCUT2D eigenvalue weighted by Crippen LogP contribution is 2.38. The molecule has 0 amide bonds. The first-order valence-electron chi connectivity index (χ1n) is 9.67. The zero-order valence-corrected chi connectivity index (χ0v) is 18.3. The number of carbonyl (C=O) groups is 2. The molecule has 0 spiro atoms. The van der Waals surface area contributed by atoms with Crippen molar-refractivity contribution in [3.05, 3.63) is 88.8 Å². The van der Waals surface area contributed by atoms with Crippen LogP contribution in [0.15, 0.2) is 60.0 Å². The summed E-state index contributed by atoms with van der Waals surface area (Å²) in [6.45, 7) is 0. The lowest BCUT2D eigenvalue weighted by atomic mass is 10.1. The SMILES string of the molecule is COC(=O)C1=C(C(=O)OC)N(c2cc(F)c(Oc3c(F)cc(C(F)(F)F)cc3F)c(F)c2)C=CC=C1. The van der Waals surface area contributed by atoms with E-state index in [0.717, 1.165) is 25.3 Å². The first-order valence-corrected chi connectivity index (χ1v) is 9.67. The summed E-state index contributed by atoms with van der Waals surface area (Å²) in [5.41, 5.74) is -2.88. The predicted octanol–water partition coefficient (Wildman–Crippen LogP) is 5.54. The molecule has 6 nitrogen and oxygen atoms in total. The number of rotatable bonds is 5. The number of hydrogen-bond donors (Lipinski definition) is 0. The maximum atomic E-state index is 14.8. The second-order valence-electron chi connectivity index (χ2n) is 6.92. The van der Waals surface area contributed by atoms with E-state index in [1.54, 1.807) is 0 Å². The standard InChI is InChI=1S/C23H14F7NO5/c1-34-21(32)13-5-3-4-6-31(18(13)22(33)35-2)12-9-16(26)20(17(27)10-12)36-19-14(24)7-11(8-15(19)25)23(28,29)30/h3-10H,1-2H3. The third-order valence-electron chi connectivity index (χ3n) is 4.68. The quantitative estimate of drug-likeness (QED) is 0.383. The summed E-state index contributed by atoms with van der Waals surface area (Å²) in [7, 11) is 2.03. The molecule has 190 valence electrons. The topological polar surface area (TPSA) is 65.1 Å². The number of hydrogen-bond acceptors (Lipinski definition) is 6. The lowest BCUT2D eigenvalue weighted by Crippen LogP contribution is -2.27. The summed E-state index contributed by atoms with van der Waals surface area (Å²) in [5.74, 6) is -11.7. The van der Waals surface area contributed by atoms with Crippen molar-refractivity contribution in [3.63, 3.8) is 0 Å².